The summed E-state index contributed by atoms with van der Waals surface area (Å²) in [6, 6.07) is 9.77. The Morgan fingerprint density at radius 3 is 2.48 bits per heavy atom. The summed E-state index contributed by atoms with van der Waals surface area (Å²) >= 11 is 0. The lowest BCUT2D eigenvalue weighted by Gasteiger charge is -2.25. The minimum Gasteiger partial charge on any atom is -0.493 e. The largest absolute Gasteiger partial charge is 0.493 e. The monoisotopic (exact) mass is 548 g/mol. The summed E-state index contributed by atoms with van der Waals surface area (Å²) in [6.45, 7) is 8.58. The fraction of sp³-hybridized carbons (Fsp3) is 0.345. The Morgan fingerprint density at radius 2 is 1.85 bits per heavy atom. The Labute approximate surface area is 232 Å². The molecule has 0 fully saturated rings. The van der Waals surface area contributed by atoms with E-state index in [1.807, 2.05) is 58.0 Å². The van der Waals surface area contributed by atoms with Crippen molar-refractivity contribution in [2.75, 3.05) is 20.3 Å². The molecule has 40 heavy (non-hydrogen) atoms. The molecule has 0 unspecified atom stereocenters. The van der Waals surface area contributed by atoms with E-state index in [1.54, 1.807) is 11.7 Å². The van der Waals surface area contributed by atoms with Gasteiger partial charge in [0.05, 0.1) is 31.6 Å². The molecule has 4 rings (SSSR count). The predicted molar refractivity (Wildman–Crippen MR) is 151 cm³/mol. The van der Waals surface area contributed by atoms with Crippen LogP contribution in [-0.2, 0) is 24.3 Å². The van der Waals surface area contributed by atoms with E-state index in [9.17, 15) is 14.8 Å². The molecule has 0 aliphatic carbocycles. The maximum absolute atomic E-state index is 13.9. The van der Waals surface area contributed by atoms with Crippen molar-refractivity contribution in [3.05, 3.63) is 80.5 Å². The van der Waals surface area contributed by atoms with Crippen molar-refractivity contribution < 1.29 is 19.5 Å². The second kappa shape index (κ2) is 11.7. The van der Waals surface area contributed by atoms with Gasteiger partial charge < -0.3 is 20.9 Å². The SMILES string of the molecule is CCOc1cc2c(cc1OC)-c1cc(=Nc3c(C)cc(C)cc3C)n(CCN(O)C(=O)/C(N)=C/N)c(=O)n1CC2. The zero-order chi connectivity index (χ0) is 29.1. The smallest absolute Gasteiger partial charge is 0.330 e. The number of carbonyl (C=O) groups excluding carboxylic acids is 1. The number of aryl methyl sites for hydroxylation is 4. The molecule has 0 spiro atoms. The molecular weight excluding hydrogens is 512 g/mol. The first kappa shape index (κ1) is 28.5. The highest BCUT2D eigenvalue weighted by molar-refractivity contribution is 5.91. The maximum Gasteiger partial charge on any atom is 0.330 e. The van der Waals surface area contributed by atoms with Crippen LogP contribution in [0.3, 0.4) is 0 Å². The van der Waals surface area contributed by atoms with Gasteiger partial charge in [-0.25, -0.2) is 14.9 Å². The lowest BCUT2D eigenvalue weighted by Crippen LogP contribution is -2.45. The van der Waals surface area contributed by atoms with Crippen LogP contribution in [0.25, 0.3) is 11.3 Å². The molecule has 0 bridgehead atoms. The summed E-state index contributed by atoms with van der Waals surface area (Å²) in [5.41, 5.74) is 17.0. The maximum atomic E-state index is 13.9. The van der Waals surface area contributed by atoms with E-state index in [0.717, 1.165) is 39.7 Å². The highest BCUT2D eigenvalue weighted by atomic mass is 16.5. The molecule has 2 aromatic carbocycles. The Hall–Kier alpha value is -4.51. The second-order valence-electron chi connectivity index (χ2n) is 9.73. The summed E-state index contributed by atoms with van der Waals surface area (Å²) in [4.78, 5) is 31.1. The first-order valence-electron chi connectivity index (χ1n) is 13.1. The summed E-state index contributed by atoms with van der Waals surface area (Å²) in [5.74, 6) is 0.373. The van der Waals surface area contributed by atoms with Crippen molar-refractivity contribution in [3.8, 4) is 22.8 Å². The van der Waals surface area contributed by atoms with E-state index >= 15 is 0 Å². The summed E-state index contributed by atoms with van der Waals surface area (Å²) in [7, 11) is 1.58. The molecular formula is C29H36N6O5. The first-order valence-corrected chi connectivity index (χ1v) is 13.1. The lowest BCUT2D eigenvalue weighted by atomic mass is 9.97. The number of fused-ring (bicyclic) bond motifs is 3. The van der Waals surface area contributed by atoms with E-state index in [4.69, 9.17) is 25.9 Å². The van der Waals surface area contributed by atoms with Crippen LogP contribution < -0.4 is 32.1 Å². The molecule has 2 heterocycles. The number of amides is 1. The predicted octanol–water partition coefficient (Wildman–Crippen LogP) is 2.41. The molecule has 212 valence electrons. The number of nitrogens with zero attached hydrogens (tertiary/aromatic N) is 4. The van der Waals surface area contributed by atoms with E-state index in [2.05, 4.69) is 0 Å². The molecule has 0 atom stereocenters. The van der Waals surface area contributed by atoms with Crippen LogP contribution in [0.1, 0.15) is 29.2 Å². The van der Waals surface area contributed by atoms with Crippen molar-refractivity contribution in [1.29, 1.82) is 0 Å². The number of rotatable bonds is 8. The zero-order valence-electron chi connectivity index (χ0n) is 23.5. The highest BCUT2D eigenvalue weighted by Crippen LogP contribution is 2.37. The Bertz CT molecular complexity index is 1600. The summed E-state index contributed by atoms with van der Waals surface area (Å²) in [5, 5.41) is 10.7. The van der Waals surface area contributed by atoms with Crippen molar-refractivity contribution >= 4 is 11.6 Å². The molecule has 1 aromatic heterocycles. The van der Waals surface area contributed by atoms with Crippen molar-refractivity contribution in [3.63, 3.8) is 0 Å². The van der Waals surface area contributed by atoms with Gasteiger partial charge in [0, 0.05) is 30.9 Å². The number of carbonyl (C=O) groups is 1. The Balaban J connectivity index is 1.93. The average Bonchev–Trinajstić information content (AvgIpc) is 2.93. The van der Waals surface area contributed by atoms with Crippen LogP contribution in [0.4, 0.5) is 5.69 Å². The van der Waals surface area contributed by atoms with Gasteiger partial charge in [0.1, 0.15) is 11.2 Å². The number of benzene rings is 2. The van der Waals surface area contributed by atoms with Crippen molar-refractivity contribution in [2.24, 2.45) is 16.5 Å². The van der Waals surface area contributed by atoms with Gasteiger partial charge in [-0.2, -0.15) is 0 Å². The number of methoxy groups -OCH3 is 1. The van der Waals surface area contributed by atoms with Gasteiger partial charge in [0.25, 0.3) is 5.91 Å². The lowest BCUT2D eigenvalue weighted by molar-refractivity contribution is -0.161. The third-order valence-electron chi connectivity index (χ3n) is 6.92. The number of nitrogens with two attached hydrogens (primary N) is 2. The van der Waals surface area contributed by atoms with E-state index < -0.39 is 5.91 Å². The van der Waals surface area contributed by atoms with Crippen molar-refractivity contribution in [2.45, 2.75) is 47.2 Å². The van der Waals surface area contributed by atoms with Gasteiger partial charge >= 0.3 is 5.69 Å². The molecule has 0 saturated carbocycles. The number of hydrogen-bond donors (Lipinski definition) is 3. The van der Waals surface area contributed by atoms with Crippen LogP contribution >= 0.6 is 0 Å². The minimum atomic E-state index is -0.851. The van der Waals surface area contributed by atoms with E-state index in [0.29, 0.717) is 47.3 Å². The summed E-state index contributed by atoms with van der Waals surface area (Å²) in [6.07, 6.45) is 1.53. The zero-order valence-corrected chi connectivity index (χ0v) is 23.5. The molecule has 1 aliphatic rings. The van der Waals surface area contributed by atoms with Gasteiger partial charge in [0.15, 0.2) is 11.5 Å². The molecule has 1 amide bonds. The molecule has 0 saturated heterocycles. The molecule has 11 nitrogen and oxygen atoms in total. The third-order valence-corrected chi connectivity index (χ3v) is 6.92. The van der Waals surface area contributed by atoms with Gasteiger partial charge in [-0.3, -0.25) is 19.1 Å². The first-order chi connectivity index (χ1) is 19.1. The fourth-order valence-corrected chi connectivity index (χ4v) is 5.05. The molecule has 11 heteroatoms. The normalized spacial score (nSPS) is 13.1. The van der Waals surface area contributed by atoms with E-state index in [1.165, 1.54) is 4.57 Å². The molecule has 3 aromatic rings. The van der Waals surface area contributed by atoms with Crippen LogP contribution in [-0.4, -0.2) is 45.6 Å². The molecule has 0 radical (unpaired) electrons. The Kier molecular flexibility index (Phi) is 8.34. The van der Waals surface area contributed by atoms with Crippen LogP contribution in [0.5, 0.6) is 11.5 Å². The Morgan fingerprint density at radius 1 is 1.15 bits per heavy atom. The van der Waals surface area contributed by atoms with E-state index in [-0.39, 0.29) is 24.5 Å². The topological polar surface area (TPSA) is 150 Å². The summed E-state index contributed by atoms with van der Waals surface area (Å²) < 4.78 is 14.5. The average molecular weight is 549 g/mol. The van der Waals surface area contributed by atoms with Crippen LogP contribution in [0.15, 0.2) is 52.0 Å². The standard InChI is InChI=1S/C29H36N6O5/c1-6-40-25-13-20-7-8-33-23(21(20)14-24(25)39-5)15-26(32-27-18(3)11-17(2)12-19(27)4)34(29(33)37)9-10-35(38)28(36)22(31)16-30/h11-16,38H,6-10,30-31H2,1-5H3/b22-16-,32-26?. The number of aromatic nitrogens is 2. The van der Waals surface area contributed by atoms with Crippen LogP contribution in [0.2, 0.25) is 0 Å². The molecule has 5 N–H and O–H groups in total. The van der Waals surface area contributed by atoms with Crippen LogP contribution in [0, 0.1) is 20.8 Å². The second-order valence-corrected chi connectivity index (χ2v) is 9.73. The van der Waals surface area contributed by atoms with Gasteiger partial charge in [0.2, 0.25) is 0 Å². The molecule has 1 aliphatic heterocycles. The van der Waals surface area contributed by atoms with Gasteiger partial charge in [-0.1, -0.05) is 17.7 Å². The minimum absolute atomic E-state index is 0.0263. The highest BCUT2D eigenvalue weighted by Gasteiger charge is 2.23. The number of ether oxygens (including phenoxy) is 2. The third kappa shape index (κ3) is 5.46. The van der Waals surface area contributed by atoms with Crippen molar-refractivity contribution in [1.82, 2.24) is 14.2 Å². The van der Waals surface area contributed by atoms with Gasteiger partial charge in [-0.15, -0.1) is 0 Å². The number of hydroxylamine groups is 2. The quantitative estimate of drug-likeness (QED) is 0.222. The fourth-order valence-electron chi connectivity index (χ4n) is 5.05. The number of hydrogen-bond acceptors (Lipinski definition) is 8. The van der Waals surface area contributed by atoms with Gasteiger partial charge in [-0.05, 0) is 62.9 Å².